The van der Waals surface area contributed by atoms with Crippen LogP contribution < -0.4 is 5.32 Å². The molecule has 5 heteroatoms. The Hall–Kier alpha value is -2.04. The number of rotatable bonds is 2. The Bertz CT molecular complexity index is 587. The van der Waals surface area contributed by atoms with Crippen LogP contribution >= 0.6 is 0 Å². The van der Waals surface area contributed by atoms with Crippen molar-refractivity contribution in [1.82, 2.24) is 9.78 Å². The van der Waals surface area contributed by atoms with E-state index in [0.717, 1.165) is 30.1 Å². The Morgan fingerprint density at radius 1 is 1.50 bits per heavy atom. The van der Waals surface area contributed by atoms with Gasteiger partial charge in [-0.2, -0.15) is 5.10 Å². The number of carboxylic acids is 1. The number of aromatic nitrogens is 2. The predicted molar refractivity (Wildman–Crippen MR) is 68.1 cm³/mol. The van der Waals surface area contributed by atoms with Crippen molar-refractivity contribution in [2.75, 3.05) is 5.32 Å². The van der Waals surface area contributed by atoms with Gasteiger partial charge in [0.15, 0.2) is 0 Å². The second-order valence-corrected chi connectivity index (χ2v) is 4.98. The first-order chi connectivity index (χ1) is 8.58. The number of hydrogen-bond donors (Lipinski definition) is 2. The zero-order chi connectivity index (χ0) is 12.9. The van der Waals surface area contributed by atoms with Crippen LogP contribution in [0.3, 0.4) is 0 Å². The highest BCUT2D eigenvalue weighted by atomic mass is 16.4. The third kappa shape index (κ3) is 1.63. The second kappa shape index (κ2) is 3.73. The van der Waals surface area contributed by atoms with Gasteiger partial charge in [0, 0.05) is 12.3 Å². The summed E-state index contributed by atoms with van der Waals surface area (Å²) in [6.07, 6.45) is 3.50. The summed E-state index contributed by atoms with van der Waals surface area (Å²) in [4.78, 5) is 11.3. The lowest BCUT2D eigenvalue weighted by atomic mass is 10.1. The van der Waals surface area contributed by atoms with Crippen molar-refractivity contribution in [2.45, 2.75) is 32.6 Å². The summed E-state index contributed by atoms with van der Waals surface area (Å²) < 4.78 is 1.74. The van der Waals surface area contributed by atoms with Gasteiger partial charge in [-0.1, -0.05) is 13.8 Å². The van der Waals surface area contributed by atoms with Crippen molar-refractivity contribution < 1.29 is 9.90 Å². The van der Waals surface area contributed by atoms with E-state index in [1.54, 1.807) is 10.9 Å². The Morgan fingerprint density at radius 2 is 2.22 bits per heavy atom. The standard InChI is InChI=1S/C13H15N3O2/c1-7(2)10-5-11-14-6-9(13(17)18)12(8-3-4-8)16(11)15-10/h5-7,14H,3-4H2,1-2H3,(H,17,18). The van der Waals surface area contributed by atoms with Crippen LogP contribution in [0.15, 0.2) is 23.4 Å². The van der Waals surface area contributed by atoms with Crippen molar-refractivity contribution in [2.24, 2.45) is 0 Å². The van der Waals surface area contributed by atoms with Gasteiger partial charge < -0.3 is 10.4 Å². The van der Waals surface area contributed by atoms with Crippen LogP contribution in [-0.2, 0) is 4.79 Å². The molecule has 1 aromatic heterocycles. The maximum absolute atomic E-state index is 11.3. The number of aliphatic carboxylic acids is 1. The van der Waals surface area contributed by atoms with E-state index in [2.05, 4.69) is 24.3 Å². The van der Waals surface area contributed by atoms with Crippen LogP contribution in [0.25, 0.3) is 5.70 Å². The monoisotopic (exact) mass is 245 g/mol. The summed E-state index contributed by atoms with van der Waals surface area (Å²) in [5.74, 6) is 0.255. The lowest BCUT2D eigenvalue weighted by Gasteiger charge is -2.17. The van der Waals surface area contributed by atoms with E-state index in [-0.39, 0.29) is 0 Å². The normalized spacial score (nSPS) is 17.4. The van der Waals surface area contributed by atoms with Crippen molar-refractivity contribution in [3.63, 3.8) is 0 Å². The van der Waals surface area contributed by atoms with Crippen molar-refractivity contribution >= 4 is 17.5 Å². The van der Waals surface area contributed by atoms with Gasteiger partial charge in [-0.15, -0.1) is 0 Å². The fourth-order valence-electron chi connectivity index (χ4n) is 2.09. The second-order valence-electron chi connectivity index (χ2n) is 4.98. The number of allylic oxidation sites excluding steroid dienone is 1. The first-order valence-electron chi connectivity index (χ1n) is 6.10. The molecule has 1 aliphatic carbocycles. The van der Waals surface area contributed by atoms with Gasteiger partial charge in [-0.3, -0.25) is 0 Å². The number of carbonyl (C=O) groups is 1. The molecule has 1 aliphatic heterocycles. The molecule has 18 heavy (non-hydrogen) atoms. The Balaban J connectivity index is 2.13. The van der Waals surface area contributed by atoms with E-state index in [9.17, 15) is 9.90 Å². The largest absolute Gasteiger partial charge is 0.478 e. The topological polar surface area (TPSA) is 67.2 Å². The van der Waals surface area contributed by atoms with Gasteiger partial charge in [0.05, 0.1) is 11.4 Å². The maximum Gasteiger partial charge on any atom is 0.339 e. The van der Waals surface area contributed by atoms with E-state index in [1.165, 1.54) is 5.57 Å². The molecular weight excluding hydrogens is 230 g/mol. The number of hydrogen-bond acceptors (Lipinski definition) is 3. The molecule has 94 valence electrons. The summed E-state index contributed by atoms with van der Waals surface area (Å²) in [5, 5.41) is 16.8. The predicted octanol–water partition coefficient (Wildman–Crippen LogP) is 2.41. The van der Waals surface area contributed by atoms with Gasteiger partial charge in [-0.25, -0.2) is 9.48 Å². The molecule has 0 unspecified atom stereocenters. The Kier molecular flexibility index (Phi) is 2.29. The zero-order valence-electron chi connectivity index (χ0n) is 10.4. The molecule has 0 amide bonds. The quantitative estimate of drug-likeness (QED) is 0.839. The Labute approximate surface area is 105 Å². The number of fused-ring (bicyclic) bond motifs is 1. The van der Waals surface area contributed by atoms with Crippen LogP contribution in [0, 0.1) is 0 Å². The highest BCUT2D eigenvalue weighted by Crippen LogP contribution is 2.40. The molecule has 1 aromatic rings. The molecular formula is C13H15N3O2. The molecule has 1 fully saturated rings. The smallest absolute Gasteiger partial charge is 0.339 e. The highest BCUT2D eigenvalue weighted by Gasteiger charge is 2.30. The number of nitrogens with zero attached hydrogens (tertiary/aromatic N) is 2. The average Bonchev–Trinajstić information content (AvgIpc) is 3.04. The van der Waals surface area contributed by atoms with Gasteiger partial charge in [0.1, 0.15) is 11.4 Å². The third-order valence-electron chi connectivity index (χ3n) is 3.22. The molecule has 2 aliphatic rings. The summed E-state index contributed by atoms with van der Waals surface area (Å²) in [5.41, 5.74) is 3.19. The summed E-state index contributed by atoms with van der Waals surface area (Å²) in [6, 6.07) is 1.97. The first-order valence-corrected chi connectivity index (χ1v) is 6.10. The molecule has 5 nitrogen and oxygen atoms in total. The van der Waals surface area contributed by atoms with E-state index < -0.39 is 5.97 Å². The Morgan fingerprint density at radius 3 is 2.78 bits per heavy atom. The molecule has 0 aromatic carbocycles. The van der Waals surface area contributed by atoms with Gasteiger partial charge in [0.25, 0.3) is 0 Å². The number of carboxylic acid groups (broad SMARTS) is 1. The number of anilines is 1. The molecule has 2 heterocycles. The molecule has 0 atom stereocenters. The van der Waals surface area contributed by atoms with E-state index in [4.69, 9.17) is 0 Å². The maximum atomic E-state index is 11.3. The zero-order valence-corrected chi connectivity index (χ0v) is 10.4. The fraction of sp³-hybridized carbons (Fsp3) is 0.385. The van der Waals surface area contributed by atoms with E-state index >= 15 is 0 Å². The molecule has 0 radical (unpaired) electrons. The van der Waals surface area contributed by atoms with Crippen LogP contribution in [0.1, 0.15) is 38.3 Å². The van der Waals surface area contributed by atoms with Crippen molar-refractivity contribution in [3.8, 4) is 0 Å². The van der Waals surface area contributed by atoms with E-state index in [0.29, 0.717) is 11.5 Å². The molecule has 1 saturated carbocycles. The van der Waals surface area contributed by atoms with E-state index in [1.807, 2.05) is 6.07 Å². The fourth-order valence-corrected chi connectivity index (χ4v) is 2.09. The third-order valence-corrected chi connectivity index (χ3v) is 3.22. The lowest BCUT2D eigenvalue weighted by Crippen LogP contribution is -2.17. The van der Waals surface area contributed by atoms with Crippen LogP contribution in [-0.4, -0.2) is 20.9 Å². The van der Waals surface area contributed by atoms with Crippen LogP contribution in [0.2, 0.25) is 0 Å². The summed E-state index contributed by atoms with van der Waals surface area (Å²) in [6.45, 7) is 4.15. The highest BCUT2D eigenvalue weighted by molar-refractivity contribution is 6.03. The molecule has 0 spiro atoms. The van der Waals surface area contributed by atoms with Gasteiger partial charge >= 0.3 is 5.97 Å². The minimum atomic E-state index is -0.913. The molecule has 0 bridgehead atoms. The van der Waals surface area contributed by atoms with Crippen molar-refractivity contribution in [3.05, 3.63) is 29.1 Å². The minimum absolute atomic E-state index is 0.299. The number of nitrogens with one attached hydrogen (secondary N) is 1. The molecule has 2 N–H and O–H groups in total. The van der Waals surface area contributed by atoms with Gasteiger partial charge in [0.2, 0.25) is 0 Å². The van der Waals surface area contributed by atoms with Gasteiger partial charge in [-0.05, 0) is 24.3 Å². The molecule has 3 rings (SSSR count). The van der Waals surface area contributed by atoms with Crippen LogP contribution in [0.4, 0.5) is 5.82 Å². The molecule has 0 saturated heterocycles. The lowest BCUT2D eigenvalue weighted by molar-refractivity contribution is -0.132. The van der Waals surface area contributed by atoms with Crippen LogP contribution in [0.5, 0.6) is 0 Å². The minimum Gasteiger partial charge on any atom is -0.478 e. The summed E-state index contributed by atoms with van der Waals surface area (Å²) >= 11 is 0. The SMILES string of the molecule is CC(C)c1cc2n(n1)C(=C1CC1)C(C(=O)O)=CN2. The summed E-state index contributed by atoms with van der Waals surface area (Å²) in [7, 11) is 0. The van der Waals surface area contributed by atoms with Crippen molar-refractivity contribution in [1.29, 1.82) is 0 Å². The first kappa shape index (κ1) is 11.1. The average molecular weight is 245 g/mol.